The van der Waals surface area contributed by atoms with E-state index in [0.717, 1.165) is 0 Å². The summed E-state index contributed by atoms with van der Waals surface area (Å²) in [6.07, 6.45) is -0.431. The molecule has 0 radical (unpaired) electrons. The van der Waals surface area contributed by atoms with Crippen LogP contribution in [0, 0.1) is 11.3 Å². The summed E-state index contributed by atoms with van der Waals surface area (Å²) in [4.78, 5) is 26.6. The molecule has 2 unspecified atom stereocenters. The number of aliphatic hydroxyl groups excluding tert-OH is 1. The molecule has 138 valence electrons. The van der Waals surface area contributed by atoms with Crippen LogP contribution in [-0.2, 0) is 0 Å². The van der Waals surface area contributed by atoms with Crippen LogP contribution in [0.1, 0.15) is 41.5 Å². The highest BCUT2D eigenvalue weighted by atomic mass is 16.3. The van der Waals surface area contributed by atoms with Crippen molar-refractivity contribution in [3.05, 3.63) is 35.4 Å². The molecule has 6 nitrogen and oxygen atoms in total. The second-order valence-electron chi connectivity index (χ2n) is 8.00. The third kappa shape index (κ3) is 5.54. The quantitative estimate of drug-likeness (QED) is 0.745. The van der Waals surface area contributed by atoms with Crippen molar-refractivity contribution in [3.8, 4) is 0 Å². The average molecular weight is 347 g/mol. The summed E-state index contributed by atoms with van der Waals surface area (Å²) in [6, 6.07) is 6.77. The smallest absolute Gasteiger partial charge is 0.253 e. The second kappa shape index (κ2) is 7.97. The van der Waals surface area contributed by atoms with Crippen LogP contribution >= 0.6 is 0 Å². The highest BCUT2D eigenvalue weighted by molar-refractivity contribution is 5.99. The molecule has 1 aliphatic heterocycles. The van der Waals surface area contributed by atoms with E-state index in [0.29, 0.717) is 37.3 Å². The number of carbonyl (C=O) groups excluding carboxylic acids is 2. The Labute approximate surface area is 149 Å². The van der Waals surface area contributed by atoms with Gasteiger partial charge in [-0.1, -0.05) is 26.8 Å². The van der Waals surface area contributed by atoms with Crippen LogP contribution in [0.2, 0.25) is 0 Å². The SMILES string of the molecule is CN(CC(C)(C)C)C(=O)c1cccc(C(=O)NCC2CNCC2O)c1. The fraction of sp³-hybridized carbons (Fsp3) is 0.579. The van der Waals surface area contributed by atoms with Gasteiger partial charge in [-0.2, -0.15) is 0 Å². The lowest BCUT2D eigenvalue weighted by Crippen LogP contribution is -2.35. The number of rotatable bonds is 5. The predicted octanol–water partition coefficient (Wildman–Crippen LogP) is 1.11. The largest absolute Gasteiger partial charge is 0.391 e. The Bertz CT molecular complexity index is 625. The van der Waals surface area contributed by atoms with Crippen LogP contribution in [0.25, 0.3) is 0 Å². The Morgan fingerprint density at radius 3 is 2.56 bits per heavy atom. The van der Waals surface area contributed by atoms with Gasteiger partial charge in [0, 0.05) is 50.3 Å². The molecule has 25 heavy (non-hydrogen) atoms. The number of nitrogens with zero attached hydrogens (tertiary/aromatic N) is 1. The number of hydrogen-bond donors (Lipinski definition) is 3. The van der Waals surface area contributed by atoms with Crippen molar-refractivity contribution < 1.29 is 14.7 Å². The number of benzene rings is 1. The van der Waals surface area contributed by atoms with Crippen LogP contribution in [0.15, 0.2) is 24.3 Å². The van der Waals surface area contributed by atoms with E-state index in [-0.39, 0.29) is 23.1 Å². The molecule has 1 aliphatic rings. The summed E-state index contributed by atoms with van der Waals surface area (Å²) in [5, 5.41) is 15.7. The Hall–Kier alpha value is -1.92. The third-order valence-corrected chi connectivity index (χ3v) is 4.26. The number of carbonyl (C=O) groups is 2. The Kier molecular flexibility index (Phi) is 6.19. The van der Waals surface area contributed by atoms with Crippen LogP contribution in [0.5, 0.6) is 0 Å². The maximum atomic E-state index is 12.6. The number of hydrogen-bond acceptors (Lipinski definition) is 4. The normalized spacial score (nSPS) is 20.4. The minimum Gasteiger partial charge on any atom is -0.391 e. The molecule has 1 aromatic carbocycles. The fourth-order valence-corrected chi connectivity index (χ4v) is 3.05. The van der Waals surface area contributed by atoms with E-state index < -0.39 is 6.10 Å². The number of aliphatic hydroxyl groups is 1. The first-order valence-electron chi connectivity index (χ1n) is 8.70. The molecule has 1 fully saturated rings. The van der Waals surface area contributed by atoms with E-state index in [1.165, 1.54) is 0 Å². The predicted molar refractivity (Wildman–Crippen MR) is 97.6 cm³/mol. The Morgan fingerprint density at radius 2 is 1.96 bits per heavy atom. The minimum atomic E-state index is -0.431. The second-order valence-corrected chi connectivity index (χ2v) is 8.00. The van der Waals surface area contributed by atoms with E-state index in [1.807, 2.05) is 0 Å². The van der Waals surface area contributed by atoms with E-state index in [2.05, 4.69) is 31.4 Å². The molecule has 2 atom stereocenters. The third-order valence-electron chi connectivity index (χ3n) is 4.26. The molecule has 0 aromatic heterocycles. The van der Waals surface area contributed by atoms with Crippen LogP contribution < -0.4 is 10.6 Å². The van der Waals surface area contributed by atoms with Crippen molar-refractivity contribution in [3.63, 3.8) is 0 Å². The van der Waals surface area contributed by atoms with Gasteiger partial charge in [0.25, 0.3) is 11.8 Å². The lowest BCUT2D eigenvalue weighted by atomic mass is 9.96. The van der Waals surface area contributed by atoms with Crippen molar-refractivity contribution in [1.82, 2.24) is 15.5 Å². The van der Waals surface area contributed by atoms with Crippen molar-refractivity contribution in [2.45, 2.75) is 26.9 Å². The number of amides is 2. The molecule has 2 amide bonds. The summed E-state index contributed by atoms with van der Waals surface area (Å²) in [7, 11) is 1.77. The molecule has 0 spiro atoms. The molecule has 1 heterocycles. The number of nitrogens with one attached hydrogen (secondary N) is 2. The van der Waals surface area contributed by atoms with E-state index in [4.69, 9.17) is 0 Å². The van der Waals surface area contributed by atoms with Crippen molar-refractivity contribution in [1.29, 1.82) is 0 Å². The molecule has 0 saturated carbocycles. The van der Waals surface area contributed by atoms with Gasteiger partial charge in [0.15, 0.2) is 0 Å². The zero-order valence-electron chi connectivity index (χ0n) is 15.5. The van der Waals surface area contributed by atoms with Crippen molar-refractivity contribution in [2.24, 2.45) is 11.3 Å². The van der Waals surface area contributed by atoms with Crippen LogP contribution in [-0.4, -0.2) is 61.2 Å². The summed E-state index contributed by atoms with van der Waals surface area (Å²) in [5.41, 5.74) is 0.965. The fourth-order valence-electron chi connectivity index (χ4n) is 3.05. The molecular weight excluding hydrogens is 318 g/mol. The van der Waals surface area contributed by atoms with Gasteiger partial charge >= 0.3 is 0 Å². The maximum absolute atomic E-state index is 12.6. The summed E-state index contributed by atoms with van der Waals surface area (Å²) < 4.78 is 0. The topological polar surface area (TPSA) is 81.7 Å². The molecule has 0 bridgehead atoms. The van der Waals surface area contributed by atoms with Crippen molar-refractivity contribution >= 4 is 11.8 Å². The summed E-state index contributed by atoms with van der Waals surface area (Å²) in [6.45, 7) is 8.53. The first kappa shape index (κ1) is 19.4. The molecular formula is C19H29N3O3. The van der Waals surface area contributed by atoms with Gasteiger partial charge < -0.3 is 20.6 Å². The van der Waals surface area contributed by atoms with Gasteiger partial charge in [-0.05, 0) is 23.6 Å². The van der Waals surface area contributed by atoms with Gasteiger partial charge in [-0.25, -0.2) is 0 Å². The van der Waals surface area contributed by atoms with Crippen LogP contribution in [0.3, 0.4) is 0 Å². The van der Waals surface area contributed by atoms with Gasteiger partial charge in [0.05, 0.1) is 6.10 Å². The summed E-state index contributed by atoms with van der Waals surface area (Å²) >= 11 is 0. The zero-order valence-corrected chi connectivity index (χ0v) is 15.5. The molecule has 3 N–H and O–H groups in total. The average Bonchev–Trinajstić information content (AvgIpc) is 2.95. The highest BCUT2D eigenvalue weighted by Crippen LogP contribution is 2.16. The molecule has 1 aromatic rings. The van der Waals surface area contributed by atoms with Gasteiger partial charge in [0.1, 0.15) is 0 Å². The molecule has 0 aliphatic carbocycles. The first-order chi connectivity index (χ1) is 11.7. The lowest BCUT2D eigenvalue weighted by Gasteiger charge is -2.26. The van der Waals surface area contributed by atoms with Gasteiger partial charge in [-0.3, -0.25) is 9.59 Å². The highest BCUT2D eigenvalue weighted by Gasteiger charge is 2.25. The van der Waals surface area contributed by atoms with E-state index in [9.17, 15) is 14.7 Å². The first-order valence-corrected chi connectivity index (χ1v) is 8.70. The Balaban J connectivity index is 1.99. The van der Waals surface area contributed by atoms with E-state index in [1.54, 1.807) is 36.2 Å². The van der Waals surface area contributed by atoms with Gasteiger partial charge in [0.2, 0.25) is 0 Å². The minimum absolute atomic E-state index is 0.00947. The van der Waals surface area contributed by atoms with Gasteiger partial charge in [-0.15, -0.1) is 0 Å². The maximum Gasteiger partial charge on any atom is 0.253 e. The molecule has 1 saturated heterocycles. The van der Waals surface area contributed by atoms with E-state index >= 15 is 0 Å². The Morgan fingerprint density at radius 1 is 1.28 bits per heavy atom. The summed E-state index contributed by atoms with van der Waals surface area (Å²) in [5.74, 6) is -0.307. The van der Waals surface area contributed by atoms with Crippen LogP contribution in [0.4, 0.5) is 0 Å². The number of β-amino-alcohol motifs (C(OH)–C–C–N with tert-alkyl or cyclic N) is 1. The zero-order chi connectivity index (χ0) is 18.6. The van der Waals surface area contributed by atoms with Crippen molar-refractivity contribution in [2.75, 3.05) is 33.2 Å². The lowest BCUT2D eigenvalue weighted by molar-refractivity contribution is 0.0745. The molecule has 2 rings (SSSR count). The standard InChI is InChI=1S/C19H29N3O3/c1-19(2,3)12-22(4)18(25)14-7-5-6-13(8-14)17(24)21-10-15-9-20-11-16(15)23/h5-8,15-16,20,23H,9-12H2,1-4H3,(H,21,24). The monoisotopic (exact) mass is 347 g/mol. The molecule has 6 heteroatoms.